The van der Waals surface area contributed by atoms with E-state index in [1.165, 1.54) is 0 Å². The molecule has 1 aliphatic heterocycles. The molecule has 16 heavy (non-hydrogen) atoms. The highest BCUT2D eigenvalue weighted by Gasteiger charge is 2.41. The fraction of sp³-hybridized carbons (Fsp3) is 0.556. The number of aliphatic carboxylic acids is 1. The zero-order valence-electron chi connectivity index (χ0n) is 8.64. The largest absolute Gasteiger partial charge is 0.480 e. The molecule has 0 atom stereocenters. The Morgan fingerprint density at radius 3 is 3.00 bits per heavy atom. The van der Waals surface area contributed by atoms with Crippen LogP contribution < -0.4 is 4.90 Å². The molecule has 1 aromatic rings. The Labute approximate surface area is 105 Å². The van der Waals surface area contributed by atoms with Crippen molar-refractivity contribution in [3.8, 4) is 0 Å². The molecule has 0 saturated carbocycles. The highest BCUT2D eigenvalue weighted by atomic mass is 79.9. The zero-order chi connectivity index (χ0) is 11.8. The van der Waals surface area contributed by atoms with Crippen LogP contribution in [0.2, 0.25) is 0 Å². The van der Waals surface area contributed by atoms with E-state index >= 15 is 0 Å². The molecule has 1 aromatic heterocycles. The molecule has 5 nitrogen and oxygen atoms in total. The molecular weight excluding hydrogens is 296 g/mol. The summed E-state index contributed by atoms with van der Waals surface area (Å²) in [5.41, 5.74) is -0.365. The molecular formula is C9H11BrN2O3S. The smallest absolute Gasteiger partial charge is 0.329 e. The third-order valence-corrected chi connectivity index (χ3v) is 3.94. The fourth-order valence-electron chi connectivity index (χ4n) is 1.61. The number of anilines is 1. The molecule has 0 bridgehead atoms. The lowest BCUT2D eigenvalue weighted by molar-refractivity contribution is -0.150. The number of ether oxygens (including phenoxy) is 1. The maximum atomic E-state index is 10.4. The number of hydrogen-bond donors (Lipinski definition) is 1. The van der Waals surface area contributed by atoms with Gasteiger partial charge in [-0.3, -0.25) is 0 Å². The predicted octanol–water partition coefficient (Wildman–Crippen LogP) is 1.59. The van der Waals surface area contributed by atoms with Crippen molar-refractivity contribution >= 4 is 38.4 Å². The van der Waals surface area contributed by atoms with Crippen LogP contribution in [-0.2, 0) is 9.53 Å². The quantitative estimate of drug-likeness (QED) is 0.915. The van der Waals surface area contributed by atoms with Crippen molar-refractivity contribution in [3.63, 3.8) is 0 Å². The lowest BCUT2D eigenvalue weighted by atomic mass is 9.97. The standard InChI is InChI=1S/C9H11BrN2O3S/c1-9(15-2-7(13)14)4-12(5-9)8-11-6(10)3-16-8/h3H,2,4-5H2,1H3,(H,13,14). The van der Waals surface area contributed by atoms with E-state index in [-0.39, 0.29) is 12.2 Å². The van der Waals surface area contributed by atoms with Crippen molar-refractivity contribution in [3.05, 3.63) is 9.98 Å². The van der Waals surface area contributed by atoms with Crippen LogP contribution in [0.1, 0.15) is 6.92 Å². The predicted molar refractivity (Wildman–Crippen MR) is 64.0 cm³/mol. The number of carboxylic acids is 1. The first-order valence-corrected chi connectivity index (χ1v) is 6.37. The van der Waals surface area contributed by atoms with E-state index in [0.717, 1.165) is 9.73 Å². The lowest BCUT2D eigenvalue weighted by Gasteiger charge is -2.47. The minimum atomic E-state index is -0.934. The number of carbonyl (C=O) groups is 1. The Morgan fingerprint density at radius 2 is 2.50 bits per heavy atom. The molecule has 0 aromatic carbocycles. The summed E-state index contributed by atoms with van der Waals surface area (Å²) in [5.74, 6) is -0.934. The average Bonchev–Trinajstić information content (AvgIpc) is 2.57. The van der Waals surface area contributed by atoms with Crippen LogP contribution >= 0.6 is 27.3 Å². The second kappa shape index (κ2) is 4.31. The van der Waals surface area contributed by atoms with Gasteiger partial charge < -0.3 is 14.7 Å². The number of rotatable bonds is 4. The minimum absolute atomic E-state index is 0.244. The second-order valence-corrected chi connectivity index (χ2v) is 5.59. The van der Waals surface area contributed by atoms with Gasteiger partial charge in [0.2, 0.25) is 0 Å². The van der Waals surface area contributed by atoms with Gasteiger partial charge in [0.15, 0.2) is 5.13 Å². The fourth-order valence-corrected chi connectivity index (χ4v) is 2.86. The van der Waals surface area contributed by atoms with Gasteiger partial charge >= 0.3 is 5.97 Å². The number of thiazole rings is 1. The molecule has 0 radical (unpaired) electrons. The Balaban J connectivity index is 1.86. The zero-order valence-corrected chi connectivity index (χ0v) is 11.0. The summed E-state index contributed by atoms with van der Waals surface area (Å²) in [4.78, 5) is 16.7. The van der Waals surface area contributed by atoms with Crippen LogP contribution in [0, 0.1) is 0 Å². The van der Waals surface area contributed by atoms with Crippen LogP contribution in [0.4, 0.5) is 5.13 Å². The van der Waals surface area contributed by atoms with Gasteiger partial charge in [0.1, 0.15) is 16.8 Å². The van der Waals surface area contributed by atoms with Gasteiger partial charge in [-0.05, 0) is 22.9 Å². The van der Waals surface area contributed by atoms with Gasteiger partial charge in [-0.25, -0.2) is 9.78 Å². The number of hydrogen-bond acceptors (Lipinski definition) is 5. The molecule has 0 amide bonds. The van der Waals surface area contributed by atoms with Crippen molar-refractivity contribution in [1.29, 1.82) is 0 Å². The van der Waals surface area contributed by atoms with Gasteiger partial charge in [0, 0.05) is 5.38 Å². The molecule has 1 saturated heterocycles. The summed E-state index contributed by atoms with van der Waals surface area (Å²) in [6.45, 7) is 3.03. The Morgan fingerprint density at radius 1 is 1.81 bits per heavy atom. The topological polar surface area (TPSA) is 62.7 Å². The van der Waals surface area contributed by atoms with Gasteiger partial charge in [-0.15, -0.1) is 11.3 Å². The first-order chi connectivity index (χ1) is 7.48. The molecule has 2 heterocycles. The first kappa shape index (κ1) is 11.8. The summed E-state index contributed by atoms with van der Waals surface area (Å²) in [6, 6.07) is 0. The van der Waals surface area contributed by atoms with E-state index in [1.54, 1.807) is 11.3 Å². The minimum Gasteiger partial charge on any atom is -0.480 e. The second-order valence-electron chi connectivity index (χ2n) is 3.94. The highest BCUT2D eigenvalue weighted by molar-refractivity contribution is 9.10. The van der Waals surface area contributed by atoms with E-state index in [4.69, 9.17) is 9.84 Å². The van der Waals surface area contributed by atoms with Crippen molar-refractivity contribution in [1.82, 2.24) is 4.98 Å². The van der Waals surface area contributed by atoms with E-state index in [0.29, 0.717) is 13.1 Å². The maximum Gasteiger partial charge on any atom is 0.329 e. The summed E-state index contributed by atoms with van der Waals surface area (Å²) in [5, 5.41) is 11.4. The molecule has 0 spiro atoms. The Bertz CT molecular complexity index is 403. The van der Waals surface area contributed by atoms with Crippen LogP contribution in [0.15, 0.2) is 9.98 Å². The third-order valence-electron chi connectivity index (χ3n) is 2.33. The number of aromatic nitrogens is 1. The Kier molecular flexibility index (Phi) is 3.18. The van der Waals surface area contributed by atoms with E-state index in [9.17, 15) is 4.79 Å². The summed E-state index contributed by atoms with van der Waals surface area (Å²) in [7, 11) is 0. The van der Waals surface area contributed by atoms with Crippen LogP contribution in [0.5, 0.6) is 0 Å². The van der Waals surface area contributed by atoms with Gasteiger partial charge in [0.05, 0.1) is 13.1 Å². The van der Waals surface area contributed by atoms with Crippen molar-refractivity contribution in [2.24, 2.45) is 0 Å². The highest BCUT2D eigenvalue weighted by Crippen LogP contribution is 2.33. The maximum absolute atomic E-state index is 10.4. The van der Waals surface area contributed by atoms with Crippen molar-refractivity contribution in [2.45, 2.75) is 12.5 Å². The molecule has 88 valence electrons. The number of carboxylic acid groups (broad SMARTS) is 1. The monoisotopic (exact) mass is 306 g/mol. The van der Waals surface area contributed by atoms with Gasteiger partial charge in [0.25, 0.3) is 0 Å². The SMILES string of the molecule is CC1(OCC(=O)O)CN(c2nc(Br)cs2)C1. The molecule has 2 rings (SSSR count). The van der Waals surface area contributed by atoms with Gasteiger partial charge in [-0.1, -0.05) is 0 Å². The van der Waals surface area contributed by atoms with Crippen LogP contribution in [0.3, 0.4) is 0 Å². The summed E-state index contributed by atoms with van der Waals surface area (Å²) in [6.07, 6.45) is 0. The lowest BCUT2D eigenvalue weighted by Crippen LogP contribution is -2.62. The van der Waals surface area contributed by atoms with E-state index in [1.807, 2.05) is 12.3 Å². The van der Waals surface area contributed by atoms with Crippen molar-refractivity contribution in [2.75, 3.05) is 24.6 Å². The first-order valence-electron chi connectivity index (χ1n) is 4.70. The average molecular weight is 307 g/mol. The van der Waals surface area contributed by atoms with E-state index in [2.05, 4.69) is 25.8 Å². The third kappa shape index (κ3) is 2.53. The number of halogens is 1. The summed E-state index contributed by atoms with van der Waals surface area (Å²) < 4.78 is 6.14. The molecule has 0 unspecified atom stereocenters. The normalized spacial score (nSPS) is 18.2. The molecule has 1 N–H and O–H groups in total. The van der Waals surface area contributed by atoms with Crippen LogP contribution in [-0.4, -0.2) is 41.4 Å². The summed E-state index contributed by atoms with van der Waals surface area (Å²) >= 11 is 4.85. The molecule has 1 fully saturated rings. The number of nitrogens with zero attached hydrogens (tertiary/aromatic N) is 2. The van der Waals surface area contributed by atoms with Crippen LogP contribution in [0.25, 0.3) is 0 Å². The molecule has 1 aliphatic rings. The van der Waals surface area contributed by atoms with Gasteiger partial charge in [-0.2, -0.15) is 0 Å². The van der Waals surface area contributed by atoms with Crippen molar-refractivity contribution < 1.29 is 14.6 Å². The van der Waals surface area contributed by atoms with E-state index < -0.39 is 5.97 Å². The molecule has 0 aliphatic carbocycles. The molecule has 7 heteroatoms. The Hall–Kier alpha value is -0.660.